The molecule has 2 aromatic rings. The van der Waals surface area contributed by atoms with Crippen molar-refractivity contribution in [2.24, 2.45) is 0 Å². The highest BCUT2D eigenvalue weighted by atomic mass is 32.2. The molecule has 1 heterocycles. The van der Waals surface area contributed by atoms with Crippen molar-refractivity contribution in [2.75, 3.05) is 12.9 Å². The topological polar surface area (TPSA) is 69.0 Å². The fourth-order valence-electron chi connectivity index (χ4n) is 1.97. The normalized spacial score (nSPS) is 10.3. The van der Waals surface area contributed by atoms with Gasteiger partial charge < -0.3 is 14.6 Å². The van der Waals surface area contributed by atoms with E-state index in [0.29, 0.717) is 18.8 Å². The number of aryl methyl sites for hydroxylation is 1. The molecule has 0 saturated carbocycles. The van der Waals surface area contributed by atoms with E-state index in [1.165, 1.54) is 11.8 Å². The largest absolute Gasteiger partial charge is 0.497 e. The molecule has 2 rings (SSSR count). The number of nitrogens with one attached hydrogen (secondary N) is 1. The van der Waals surface area contributed by atoms with E-state index in [2.05, 4.69) is 22.1 Å². The van der Waals surface area contributed by atoms with Gasteiger partial charge in [0.25, 0.3) is 0 Å². The van der Waals surface area contributed by atoms with E-state index in [1.54, 1.807) is 13.2 Å². The molecule has 1 aromatic carbocycles. The van der Waals surface area contributed by atoms with Crippen molar-refractivity contribution in [3.05, 3.63) is 48.3 Å². The molecule has 1 N–H and O–H groups in total. The zero-order valence-corrected chi connectivity index (χ0v) is 14.1. The minimum atomic E-state index is -0.0522. The number of hydrogen-bond donors (Lipinski definition) is 1. The van der Waals surface area contributed by atoms with Crippen LogP contribution in [0.3, 0.4) is 0 Å². The van der Waals surface area contributed by atoms with Crippen LogP contribution in [0.25, 0.3) is 0 Å². The van der Waals surface area contributed by atoms with Crippen LogP contribution in [-0.2, 0) is 17.9 Å². The summed E-state index contributed by atoms with van der Waals surface area (Å²) in [6, 6.07) is 7.61. The molecule has 0 bridgehead atoms. The highest BCUT2D eigenvalue weighted by Gasteiger charge is 2.10. The predicted molar refractivity (Wildman–Crippen MR) is 90.5 cm³/mol. The van der Waals surface area contributed by atoms with Crippen LogP contribution in [0.5, 0.6) is 5.75 Å². The molecule has 23 heavy (non-hydrogen) atoms. The maximum atomic E-state index is 12.0. The van der Waals surface area contributed by atoms with Gasteiger partial charge in [-0.05, 0) is 24.6 Å². The van der Waals surface area contributed by atoms with Gasteiger partial charge >= 0.3 is 0 Å². The minimum Gasteiger partial charge on any atom is -0.497 e. The lowest BCUT2D eigenvalue weighted by Gasteiger charge is -2.07. The van der Waals surface area contributed by atoms with Gasteiger partial charge in [0.1, 0.15) is 11.6 Å². The highest BCUT2D eigenvalue weighted by molar-refractivity contribution is 7.99. The van der Waals surface area contributed by atoms with Crippen molar-refractivity contribution >= 4 is 17.7 Å². The molecule has 122 valence electrons. The third kappa shape index (κ3) is 4.85. The van der Waals surface area contributed by atoms with Crippen molar-refractivity contribution in [1.82, 2.24) is 20.1 Å². The zero-order valence-electron chi connectivity index (χ0n) is 13.3. The molecule has 1 amide bonds. The Morgan fingerprint density at radius 2 is 2.30 bits per heavy atom. The van der Waals surface area contributed by atoms with Crippen LogP contribution in [-0.4, -0.2) is 33.5 Å². The first kappa shape index (κ1) is 17.1. The number of hydrogen-bond acceptors (Lipinski definition) is 5. The number of carbonyl (C=O) groups excluding carboxylic acids is 1. The molecule has 0 saturated heterocycles. The number of rotatable bonds is 8. The average molecular weight is 332 g/mol. The Hall–Kier alpha value is -2.28. The van der Waals surface area contributed by atoms with Gasteiger partial charge in [-0.1, -0.05) is 30.0 Å². The van der Waals surface area contributed by atoms with Crippen molar-refractivity contribution in [1.29, 1.82) is 0 Å². The molecule has 6 nitrogen and oxygen atoms in total. The van der Waals surface area contributed by atoms with Gasteiger partial charge in [0.2, 0.25) is 5.91 Å². The minimum absolute atomic E-state index is 0.0522. The van der Waals surface area contributed by atoms with Gasteiger partial charge in [-0.15, -0.1) is 16.8 Å². The van der Waals surface area contributed by atoms with Crippen molar-refractivity contribution in [3.63, 3.8) is 0 Å². The molecule has 0 radical (unpaired) electrons. The Bertz CT molecular complexity index is 684. The van der Waals surface area contributed by atoms with E-state index < -0.39 is 0 Å². The van der Waals surface area contributed by atoms with Crippen LogP contribution in [0.15, 0.2) is 42.1 Å². The average Bonchev–Trinajstić information content (AvgIpc) is 2.92. The van der Waals surface area contributed by atoms with Crippen molar-refractivity contribution in [2.45, 2.75) is 25.2 Å². The Balaban J connectivity index is 1.84. The molecule has 0 fully saturated rings. The Morgan fingerprint density at radius 3 is 3.04 bits per heavy atom. The van der Waals surface area contributed by atoms with Crippen molar-refractivity contribution < 1.29 is 9.53 Å². The van der Waals surface area contributed by atoms with E-state index in [9.17, 15) is 4.79 Å². The molecular weight excluding hydrogens is 312 g/mol. The number of nitrogens with zero attached hydrogens (tertiary/aromatic N) is 3. The molecule has 0 aliphatic carbocycles. The summed E-state index contributed by atoms with van der Waals surface area (Å²) >= 11 is 1.36. The Kier molecular flexibility index (Phi) is 6.22. The van der Waals surface area contributed by atoms with Gasteiger partial charge in [-0.2, -0.15) is 0 Å². The summed E-state index contributed by atoms with van der Waals surface area (Å²) in [4.78, 5) is 12.0. The second-order valence-corrected chi connectivity index (χ2v) is 5.79. The monoisotopic (exact) mass is 332 g/mol. The van der Waals surface area contributed by atoms with Crippen LogP contribution >= 0.6 is 11.8 Å². The summed E-state index contributed by atoms with van der Waals surface area (Å²) in [5.74, 6) is 1.83. The number of amides is 1. The third-order valence-electron chi connectivity index (χ3n) is 3.17. The van der Waals surface area contributed by atoms with Gasteiger partial charge in [-0.25, -0.2) is 0 Å². The molecule has 0 unspecified atom stereocenters. The summed E-state index contributed by atoms with van der Waals surface area (Å²) in [5, 5.41) is 11.7. The van der Waals surface area contributed by atoms with Crippen LogP contribution in [0.4, 0.5) is 0 Å². The first-order valence-corrected chi connectivity index (χ1v) is 8.15. The SMILES string of the molecule is C=CCn1c(C)nnc1SCC(=O)NCc1cccc(OC)c1. The van der Waals surface area contributed by atoms with E-state index in [-0.39, 0.29) is 5.91 Å². The van der Waals surface area contributed by atoms with E-state index in [1.807, 2.05) is 35.8 Å². The van der Waals surface area contributed by atoms with Crippen LogP contribution in [0.1, 0.15) is 11.4 Å². The summed E-state index contributed by atoms with van der Waals surface area (Å²) in [7, 11) is 1.62. The maximum absolute atomic E-state index is 12.0. The fraction of sp³-hybridized carbons (Fsp3) is 0.312. The summed E-state index contributed by atoms with van der Waals surface area (Å²) in [6.45, 7) is 6.69. The number of allylic oxidation sites excluding steroid dienone is 1. The number of thioether (sulfide) groups is 1. The van der Waals surface area contributed by atoms with E-state index in [0.717, 1.165) is 22.3 Å². The summed E-state index contributed by atoms with van der Waals surface area (Å²) in [5.41, 5.74) is 0.994. The molecule has 0 spiro atoms. The molecule has 1 aromatic heterocycles. The fourth-order valence-corrected chi connectivity index (χ4v) is 2.80. The lowest BCUT2D eigenvalue weighted by Crippen LogP contribution is -2.24. The lowest BCUT2D eigenvalue weighted by molar-refractivity contribution is -0.118. The van der Waals surface area contributed by atoms with Crippen LogP contribution < -0.4 is 10.1 Å². The summed E-state index contributed by atoms with van der Waals surface area (Å²) < 4.78 is 7.09. The molecular formula is C16H20N4O2S. The van der Waals surface area contributed by atoms with Gasteiger partial charge in [0.15, 0.2) is 5.16 Å². The van der Waals surface area contributed by atoms with Gasteiger partial charge in [-0.3, -0.25) is 4.79 Å². The number of methoxy groups -OCH3 is 1. The standard InChI is InChI=1S/C16H20N4O2S/c1-4-8-20-12(2)18-19-16(20)23-11-15(21)17-10-13-6-5-7-14(9-13)22-3/h4-7,9H,1,8,10-11H2,2-3H3,(H,17,21). The quantitative estimate of drug-likeness (QED) is 0.593. The van der Waals surface area contributed by atoms with Crippen LogP contribution in [0.2, 0.25) is 0 Å². The Morgan fingerprint density at radius 1 is 1.48 bits per heavy atom. The first-order chi connectivity index (χ1) is 11.1. The molecule has 0 atom stereocenters. The van der Waals surface area contributed by atoms with Gasteiger partial charge in [0, 0.05) is 13.1 Å². The Labute approximate surface area is 139 Å². The second-order valence-electron chi connectivity index (χ2n) is 4.85. The van der Waals surface area contributed by atoms with E-state index in [4.69, 9.17) is 4.74 Å². The maximum Gasteiger partial charge on any atom is 0.230 e. The first-order valence-electron chi connectivity index (χ1n) is 7.17. The molecule has 7 heteroatoms. The number of benzene rings is 1. The van der Waals surface area contributed by atoms with Gasteiger partial charge in [0.05, 0.1) is 12.9 Å². The summed E-state index contributed by atoms with van der Waals surface area (Å²) in [6.07, 6.45) is 1.78. The van der Waals surface area contributed by atoms with E-state index >= 15 is 0 Å². The second kappa shape index (κ2) is 8.38. The number of aromatic nitrogens is 3. The molecule has 0 aliphatic rings. The lowest BCUT2D eigenvalue weighted by atomic mass is 10.2. The zero-order chi connectivity index (χ0) is 16.7. The molecule has 0 aliphatic heterocycles. The number of ether oxygens (including phenoxy) is 1. The van der Waals surface area contributed by atoms with Crippen molar-refractivity contribution in [3.8, 4) is 5.75 Å². The van der Waals surface area contributed by atoms with Crippen LogP contribution in [0, 0.1) is 6.92 Å². The predicted octanol–water partition coefficient (Wildman–Crippen LogP) is 2.19. The third-order valence-corrected chi connectivity index (χ3v) is 4.14. The number of carbonyl (C=O) groups is 1. The highest BCUT2D eigenvalue weighted by Crippen LogP contribution is 2.17. The smallest absolute Gasteiger partial charge is 0.230 e.